The van der Waals surface area contributed by atoms with E-state index in [0.717, 1.165) is 29.1 Å². The lowest BCUT2D eigenvalue weighted by atomic mass is 10.1. The molecule has 0 amide bonds. The zero-order valence-corrected chi connectivity index (χ0v) is 10.1. The lowest BCUT2D eigenvalue weighted by molar-refractivity contribution is 0.219. The Labute approximate surface area is 99.6 Å². The Morgan fingerprint density at radius 2 is 2.06 bits per heavy atom. The van der Waals surface area contributed by atoms with Crippen LogP contribution in [0.1, 0.15) is 35.7 Å². The average Bonchev–Trinajstić information content (AvgIpc) is 2.78. The molecule has 0 fully saturated rings. The summed E-state index contributed by atoms with van der Waals surface area (Å²) in [5, 5.41) is 12.9. The van der Waals surface area contributed by atoms with Gasteiger partial charge in [0, 0.05) is 5.38 Å². The van der Waals surface area contributed by atoms with Crippen molar-refractivity contribution >= 4 is 11.3 Å². The molecule has 1 aromatic carbocycles. The minimum atomic E-state index is -0.586. The van der Waals surface area contributed by atoms with Gasteiger partial charge >= 0.3 is 0 Å². The van der Waals surface area contributed by atoms with Gasteiger partial charge in [0.15, 0.2) is 0 Å². The summed E-state index contributed by atoms with van der Waals surface area (Å²) in [5.74, 6) is 0. The Balaban J connectivity index is 2.17. The molecule has 0 spiro atoms. The molecule has 1 aromatic heterocycles. The summed E-state index contributed by atoms with van der Waals surface area (Å²) in [6.07, 6.45) is 1.49. The van der Waals surface area contributed by atoms with Crippen molar-refractivity contribution in [1.29, 1.82) is 0 Å². The van der Waals surface area contributed by atoms with Gasteiger partial charge in [-0.05, 0) is 12.0 Å². The number of thiazole rings is 1. The molecule has 2 aromatic rings. The SMILES string of the molecule is CCCc1csc(C(O)c2ccccc2)n1. The third-order valence-corrected chi connectivity index (χ3v) is 3.37. The van der Waals surface area contributed by atoms with E-state index in [1.807, 2.05) is 35.7 Å². The maximum atomic E-state index is 10.1. The molecular formula is C13H15NOS. The van der Waals surface area contributed by atoms with Gasteiger partial charge in [0.25, 0.3) is 0 Å². The van der Waals surface area contributed by atoms with Crippen molar-refractivity contribution in [2.45, 2.75) is 25.9 Å². The Morgan fingerprint density at radius 3 is 2.75 bits per heavy atom. The van der Waals surface area contributed by atoms with Gasteiger partial charge in [-0.2, -0.15) is 0 Å². The molecule has 1 heterocycles. The first-order chi connectivity index (χ1) is 7.81. The fraction of sp³-hybridized carbons (Fsp3) is 0.308. The second kappa shape index (κ2) is 5.23. The third kappa shape index (κ3) is 2.49. The van der Waals surface area contributed by atoms with E-state index < -0.39 is 6.10 Å². The fourth-order valence-corrected chi connectivity index (χ4v) is 2.46. The van der Waals surface area contributed by atoms with E-state index in [-0.39, 0.29) is 0 Å². The topological polar surface area (TPSA) is 33.1 Å². The van der Waals surface area contributed by atoms with Crippen LogP contribution in [-0.2, 0) is 6.42 Å². The van der Waals surface area contributed by atoms with Crippen LogP contribution in [-0.4, -0.2) is 10.1 Å². The standard InChI is InChI=1S/C13H15NOS/c1-2-6-11-9-16-13(14-11)12(15)10-7-4-3-5-8-10/h3-5,7-9,12,15H,2,6H2,1H3. The number of nitrogens with zero attached hydrogens (tertiary/aromatic N) is 1. The van der Waals surface area contributed by atoms with E-state index in [2.05, 4.69) is 11.9 Å². The summed E-state index contributed by atoms with van der Waals surface area (Å²) in [6.45, 7) is 2.13. The lowest BCUT2D eigenvalue weighted by Crippen LogP contribution is -1.99. The van der Waals surface area contributed by atoms with E-state index in [4.69, 9.17) is 0 Å². The Bertz CT molecular complexity index is 438. The van der Waals surface area contributed by atoms with Crippen molar-refractivity contribution in [3.8, 4) is 0 Å². The van der Waals surface area contributed by atoms with Crippen LogP contribution in [0, 0.1) is 0 Å². The summed E-state index contributed by atoms with van der Waals surface area (Å²) < 4.78 is 0. The fourth-order valence-electron chi connectivity index (χ4n) is 1.60. The summed E-state index contributed by atoms with van der Waals surface area (Å²) in [6, 6.07) is 9.65. The van der Waals surface area contributed by atoms with Gasteiger partial charge in [-0.1, -0.05) is 43.7 Å². The number of aliphatic hydroxyl groups is 1. The minimum absolute atomic E-state index is 0.586. The number of benzene rings is 1. The van der Waals surface area contributed by atoms with Crippen LogP contribution in [0.5, 0.6) is 0 Å². The highest BCUT2D eigenvalue weighted by Gasteiger charge is 2.13. The molecule has 1 N–H and O–H groups in total. The molecular weight excluding hydrogens is 218 g/mol. The highest BCUT2D eigenvalue weighted by atomic mass is 32.1. The molecule has 2 rings (SSSR count). The average molecular weight is 233 g/mol. The Kier molecular flexibility index (Phi) is 3.70. The van der Waals surface area contributed by atoms with Gasteiger partial charge in [0.1, 0.15) is 11.1 Å². The van der Waals surface area contributed by atoms with Gasteiger partial charge in [0.2, 0.25) is 0 Å². The van der Waals surface area contributed by atoms with Gasteiger partial charge < -0.3 is 5.11 Å². The summed E-state index contributed by atoms with van der Waals surface area (Å²) in [4.78, 5) is 4.44. The van der Waals surface area contributed by atoms with Crippen LogP contribution >= 0.6 is 11.3 Å². The molecule has 84 valence electrons. The summed E-state index contributed by atoms with van der Waals surface area (Å²) in [7, 11) is 0. The van der Waals surface area contributed by atoms with Crippen molar-refractivity contribution in [2.75, 3.05) is 0 Å². The van der Waals surface area contributed by atoms with E-state index in [1.54, 1.807) is 0 Å². The first-order valence-electron chi connectivity index (χ1n) is 5.48. The third-order valence-electron chi connectivity index (χ3n) is 2.42. The predicted octanol–water partition coefficient (Wildman–Crippen LogP) is 3.18. The zero-order chi connectivity index (χ0) is 11.4. The Morgan fingerprint density at radius 1 is 1.31 bits per heavy atom. The van der Waals surface area contributed by atoms with Crippen molar-refractivity contribution in [1.82, 2.24) is 4.98 Å². The summed E-state index contributed by atoms with van der Waals surface area (Å²) in [5.41, 5.74) is 1.98. The quantitative estimate of drug-likeness (QED) is 0.879. The predicted molar refractivity (Wildman–Crippen MR) is 66.6 cm³/mol. The van der Waals surface area contributed by atoms with Gasteiger partial charge in [-0.25, -0.2) is 4.98 Å². The van der Waals surface area contributed by atoms with Gasteiger partial charge in [0.05, 0.1) is 5.69 Å². The monoisotopic (exact) mass is 233 g/mol. The van der Waals surface area contributed by atoms with E-state index in [9.17, 15) is 5.11 Å². The molecule has 0 aliphatic heterocycles. The zero-order valence-electron chi connectivity index (χ0n) is 9.26. The largest absolute Gasteiger partial charge is 0.381 e. The highest BCUT2D eigenvalue weighted by Crippen LogP contribution is 2.24. The van der Waals surface area contributed by atoms with Crippen molar-refractivity contribution in [3.05, 3.63) is 52.0 Å². The van der Waals surface area contributed by atoms with Crippen LogP contribution in [0.3, 0.4) is 0 Å². The van der Waals surface area contributed by atoms with Crippen molar-refractivity contribution in [3.63, 3.8) is 0 Å². The molecule has 0 bridgehead atoms. The minimum Gasteiger partial charge on any atom is -0.381 e. The molecule has 0 aliphatic rings. The molecule has 3 heteroatoms. The van der Waals surface area contributed by atoms with Crippen LogP contribution in [0.25, 0.3) is 0 Å². The van der Waals surface area contributed by atoms with Gasteiger partial charge in [-0.15, -0.1) is 11.3 Å². The van der Waals surface area contributed by atoms with E-state index in [0.29, 0.717) is 0 Å². The lowest BCUT2D eigenvalue weighted by Gasteiger charge is -2.06. The second-order valence-corrected chi connectivity index (χ2v) is 4.63. The Hall–Kier alpha value is -1.19. The second-order valence-electron chi connectivity index (χ2n) is 3.74. The number of aromatic nitrogens is 1. The first-order valence-corrected chi connectivity index (χ1v) is 6.36. The molecule has 0 radical (unpaired) electrons. The smallest absolute Gasteiger partial charge is 0.131 e. The molecule has 2 nitrogen and oxygen atoms in total. The molecule has 0 aliphatic carbocycles. The highest BCUT2D eigenvalue weighted by molar-refractivity contribution is 7.09. The molecule has 16 heavy (non-hydrogen) atoms. The number of rotatable bonds is 4. The maximum absolute atomic E-state index is 10.1. The number of aliphatic hydroxyl groups excluding tert-OH is 1. The molecule has 1 unspecified atom stereocenters. The van der Waals surface area contributed by atoms with Crippen LogP contribution in [0.2, 0.25) is 0 Å². The van der Waals surface area contributed by atoms with Crippen LogP contribution in [0.4, 0.5) is 0 Å². The van der Waals surface area contributed by atoms with Crippen LogP contribution < -0.4 is 0 Å². The normalized spacial score (nSPS) is 12.6. The van der Waals surface area contributed by atoms with E-state index in [1.165, 1.54) is 11.3 Å². The first kappa shape index (κ1) is 11.3. The van der Waals surface area contributed by atoms with Crippen LogP contribution in [0.15, 0.2) is 35.7 Å². The maximum Gasteiger partial charge on any atom is 0.131 e. The van der Waals surface area contributed by atoms with Gasteiger partial charge in [-0.3, -0.25) is 0 Å². The molecule has 1 atom stereocenters. The summed E-state index contributed by atoms with van der Waals surface area (Å²) >= 11 is 1.53. The number of aryl methyl sites for hydroxylation is 1. The van der Waals surface area contributed by atoms with Crippen molar-refractivity contribution in [2.24, 2.45) is 0 Å². The van der Waals surface area contributed by atoms with Crippen molar-refractivity contribution < 1.29 is 5.11 Å². The number of hydrogen-bond donors (Lipinski definition) is 1. The molecule has 0 saturated carbocycles. The van der Waals surface area contributed by atoms with E-state index >= 15 is 0 Å². The molecule has 0 saturated heterocycles. The number of hydrogen-bond acceptors (Lipinski definition) is 3.